The molecule has 0 rings (SSSR count). The molecule has 0 aromatic rings. The zero-order valence-electron chi connectivity index (χ0n) is 12.0. The lowest BCUT2D eigenvalue weighted by Gasteiger charge is -2.04. The van der Waals surface area contributed by atoms with E-state index in [4.69, 9.17) is 0 Å². The number of rotatable bonds is 13. The summed E-state index contributed by atoms with van der Waals surface area (Å²) < 4.78 is 0. The fourth-order valence-electron chi connectivity index (χ4n) is 2.17. The number of hydrogen-bond acceptors (Lipinski definition) is 0. The Kier molecular flexibility index (Phi) is 15.8. The van der Waals surface area contributed by atoms with E-state index in [1.54, 1.807) is 0 Å². The van der Waals surface area contributed by atoms with Crippen molar-refractivity contribution < 1.29 is 0 Å². The van der Waals surface area contributed by atoms with Gasteiger partial charge in [-0.1, -0.05) is 93.0 Å². The molecule has 0 spiro atoms. The van der Waals surface area contributed by atoms with E-state index in [1.165, 1.54) is 83.2 Å². The summed E-state index contributed by atoms with van der Waals surface area (Å²) in [6.45, 7) is 4.78. The molecular weight excluding hydrogens is 291 g/mol. The molecular formula is C15H32BrP. The van der Waals surface area contributed by atoms with Gasteiger partial charge in [0, 0.05) is 0 Å². The Morgan fingerprint density at radius 2 is 1.00 bits per heavy atom. The first kappa shape index (κ1) is 17.9. The summed E-state index contributed by atoms with van der Waals surface area (Å²) >= 11 is 3.67. The molecule has 0 heterocycles. The maximum absolute atomic E-state index is 3.67. The van der Waals surface area contributed by atoms with E-state index >= 15 is 0 Å². The largest absolute Gasteiger partial charge is 0.0654 e. The number of hydrogen-bond donors (Lipinski definition) is 0. The van der Waals surface area contributed by atoms with Crippen molar-refractivity contribution in [2.75, 3.05) is 12.8 Å². The van der Waals surface area contributed by atoms with Crippen molar-refractivity contribution in [3.63, 3.8) is 0 Å². The van der Waals surface area contributed by atoms with Gasteiger partial charge in [0.05, 0.1) is 0 Å². The summed E-state index contributed by atoms with van der Waals surface area (Å²) in [7, 11) is 0. The fraction of sp³-hybridized carbons (Fsp3) is 1.00. The maximum Gasteiger partial charge on any atom is -0.0230 e. The highest BCUT2D eigenvalue weighted by Gasteiger charge is 1.95. The van der Waals surface area contributed by atoms with E-state index in [0.717, 1.165) is 0 Å². The monoisotopic (exact) mass is 322 g/mol. The minimum atomic E-state index is 0.174. The highest BCUT2D eigenvalue weighted by molar-refractivity contribution is 9.39. The molecule has 0 amide bonds. The lowest BCUT2D eigenvalue weighted by atomic mass is 10.1. The summed E-state index contributed by atoms with van der Waals surface area (Å²) in [5.74, 6) is 0. The average molecular weight is 323 g/mol. The standard InChI is InChI=1S/C15H32BrP/c1-3-4-5-6-7-8-9-10-11-12-13-14-15-17(2)16/h3-15H2,1-2H3. The van der Waals surface area contributed by atoms with Gasteiger partial charge in [-0.05, 0) is 25.9 Å². The fourth-order valence-corrected chi connectivity index (χ4v) is 3.58. The second-order valence-electron chi connectivity index (χ2n) is 5.22. The summed E-state index contributed by atoms with van der Waals surface area (Å²) in [4.78, 5) is 0. The van der Waals surface area contributed by atoms with Crippen LogP contribution in [-0.4, -0.2) is 12.8 Å². The van der Waals surface area contributed by atoms with Crippen LogP contribution in [0, 0.1) is 0 Å². The van der Waals surface area contributed by atoms with Gasteiger partial charge in [-0.3, -0.25) is 0 Å². The summed E-state index contributed by atoms with van der Waals surface area (Å²) in [5.41, 5.74) is 0. The molecule has 0 fully saturated rings. The minimum Gasteiger partial charge on any atom is -0.0654 e. The van der Waals surface area contributed by atoms with Crippen LogP contribution in [0.3, 0.4) is 0 Å². The van der Waals surface area contributed by atoms with E-state index in [2.05, 4.69) is 29.1 Å². The van der Waals surface area contributed by atoms with Crippen LogP contribution >= 0.6 is 22.1 Å². The molecule has 0 aliphatic heterocycles. The van der Waals surface area contributed by atoms with E-state index < -0.39 is 0 Å². The van der Waals surface area contributed by atoms with Crippen molar-refractivity contribution in [2.24, 2.45) is 0 Å². The molecule has 104 valence electrons. The first-order valence-corrected chi connectivity index (χ1v) is 11.6. The smallest absolute Gasteiger partial charge is 0.0230 e. The van der Waals surface area contributed by atoms with Crippen molar-refractivity contribution in [3.8, 4) is 0 Å². The molecule has 1 unspecified atom stereocenters. The molecule has 0 aliphatic rings. The van der Waals surface area contributed by atoms with Gasteiger partial charge in [-0.15, -0.1) is 0 Å². The third-order valence-electron chi connectivity index (χ3n) is 3.32. The summed E-state index contributed by atoms with van der Waals surface area (Å²) in [6.07, 6.45) is 18.9. The van der Waals surface area contributed by atoms with Gasteiger partial charge < -0.3 is 0 Å². The van der Waals surface area contributed by atoms with Crippen LogP contribution in [0.4, 0.5) is 0 Å². The molecule has 0 saturated heterocycles. The van der Waals surface area contributed by atoms with Gasteiger partial charge in [-0.2, -0.15) is 0 Å². The average Bonchev–Trinajstić information content (AvgIpc) is 2.30. The Morgan fingerprint density at radius 1 is 0.647 bits per heavy atom. The second kappa shape index (κ2) is 15.0. The Labute approximate surface area is 119 Å². The van der Waals surface area contributed by atoms with Crippen LogP contribution in [0.1, 0.15) is 84.0 Å². The lowest BCUT2D eigenvalue weighted by molar-refractivity contribution is 0.548. The van der Waals surface area contributed by atoms with Crippen molar-refractivity contribution in [1.29, 1.82) is 0 Å². The molecule has 1 atom stereocenters. The lowest BCUT2D eigenvalue weighted by Crippen LogP contribution is -1.84. The first-order valence-electron chi connectivity index (χ1n) is 7.64. The van der Waals surface area contributed by atoms with Gasteiger partial charge in [-0.25, -0.2) is 0 Å². The van der Waals surface area contributed by atoms with Crippen molar-refractivity contribution in [3.05, 3.63) is 0 Å². The van der Waals surface area contributed by atoms with Crippen LogP contribution < -0.4 is 0 Å². The maximum atomic E-state index is 3.67. The zero-order valence-corrected chi connectivity index (χ0v) is 14.5. The topological polar surface area (TPSA) is 0 Å². The molecule has 17 heavy (non-hydrogen) atoms. The Bertz CT molecular complexity index is 137. The van der Waals surface area contributed by atoms with Gasteiger partial charge in [0.15, 0.2) is 0 Å². The number of unbranched alkanes of at least 4 members (excludes halogenated alkanes) is 11. The van der Waals surface area contributed by atoms with E-state index in [-0.39, 0.29) is 6.62 Å². The molecule has 0 aliphatic carbocycles. The Morgan fingerprint density at radius 3 is 1.35 bits per heavy atom. The molecule has 0 radical (unpaired) electrons. The summed E-state index contributed by atoms with van der Waals surface area (Å²) in [6, 6.07) is 0. The van der Waals surface area contributed by atoms with E-state index in [0.29, 0.717) is 0 Å². The molecule has 0 aromatic heterocycles. The molecule has 0 N–H and O–H groups in total. The number of halogens is 1. The van der Waals surface area contributed by atoms with E-state index in [9.17, 15) is 0 Å². The van der Waals surface area contributed by atoms with Crippen LogP contribution in [0.15, 0.2) is 0 Å². The molecule has 0 aromatic carbocycles. The third kappa shape index (κ3) is 16.9. The zero-order chi connectivity index (χ0) is 12.8. The van der Waals surface area contributed by atoms with Gasteiger partial charge >= 0.3 is 0 Å². The highest BCUT2D eigenvalue weighted by atomic mass is 79.9. The molecule has 0 saturated carbocycles. The normalized spacial score (nSPS) is 12.9. The minimum absolute atomic E-state index is 0.174. The van der Waals surface area contributed by atoms with Gasteiger partial charge in [0.1, 0.15) is 0 Å². The van der Waals surface area contributed by atoms with Gasteiger partial charge in [0.25, 0.3) is 0 Å². The Balaban J connectivity index is 2.89. The van der Waals surface area contributed by atoms with Crippen molar-refractivity contribution >= 4 is 22.1 Å². The van der Waals surface area contributed by atoms with Crippen molar-refractivity contribution in [1.82, 2.24) is 0 Å². The van der Waals surface area contributed by atoms with Crippen LogP contribution in [0.5, 0.6) is 0 Å². The Hall–Kier alpha value is 0.910. The predicted molar refractivity (Wildman–Crippen MR) is 87.7 cm³/mol. The third-order valence-corrected chi connectivity index (χ3v) is 5.32. The van der Waals surface area contributed by atoms with Crippen LogP contribution in [0.2, 0.25) is 0 Å². The van der Waals surface area contributed by atoms with Gasteiger partial charge in [0.2, 0.25) is 0 Å². The molecule has 0 nitrogen and oxygen atoms in total. The van der Waals surface area contributed by atoms with Crippen LogP contribution in [0.25, 0.3) is 0 Å². The van der Waals surface area contributed by atoms with Crippen molar-refractivity contribution in [2.45, 2.75) is 84.0 Å². The first-order chi connectivity index (χ1) is 8.27. The molecule has 2 heteroatoms. The van der Waals surface area contributed by atoms with E-state index in [1.807, 2.05) is 0 Å². The predicted octanol–water partition coefficient (Wildman–Crippen LogP) is 7.11. The SMILES string of the molecule is CCCCCCCCCCCCCCP(C)Br. The molecule has 0 bridgehead atoms. The summed E-state index contributed by atoms with van der Waals surface area (Å²) in [5, 5.41) is 0. The van der Waals surface area contributed by atoms with Crippen LogP contribution in [-0.2, 0) is 0 Å². The highest BCUT2D eigenvalue weighted by Crippen LogP contribution is 2.40. The quantitative estimate of drug-likeness (QED) is 0.250. The second-order valence-corrected chi connectivity index (χ2v) is 10.5.